The van der Waals surface area contributed by atoms with Crippen molar-refractivity contribution in [2.75, 3.05) is 5.75 Å². The number of carbonyl (C=O) groups excluding carboxylic acids is 1. The molecule has 1 unspecified atom stereocenters. The van der Waals surface area contributed by atoms with Gasteiger partial charge in [-0.2, -0.15) is 0 Å². The van der Waals surface area contributed by atoms with Gasteiger partial charge in [-0.25, -0.2) is 4.98 Å². The quantitative estimate of drug-likeness (QED) is 0.783. The van der Waals surface area contributed by atoms with Crippen LogP contribution in [0.5, 0.6) is 0 Å². The summed E-state index contributed by atoms with van der Waals surface area (Å²) < 4.78 is 0. The summed E-state index contributed by atoms with van der Waals surface area (Å²) in [4.78, 5) is 15.8. The molecule has 1 aliphatic carbocycles. The second-order valence-electron chi connectivity index (χ2n) is 4.69. The summed E-state index contributed by atoms with van der Waals surface area (Å²) in [5.74, 6) is 0.184. The van der Waals surface area contributed by atoms with Crippen molar-refractivity contribution in [2.45, 2.75) is 36.4 Å². The Morgan fingerprint density at radius 1 is 1.72 bits per heavy atom. The van der Waals surface area contributed by atoms with Gasteiger partial charge in [0.05, 0.1) is 5.02 Å². The fourth-order valence-electron chi connectivity index (χ4n) is 1.55. The number of amides is 1. The first-order valence-electron chi connectivity index (χ1n) is 5.82. The van der Waals surface area contributed by atoms with E-state index in [9.17, 15) is 4.79 Å². The third kappa shape index (κ3) is 3.37. The zero-order valence-electron chi connectivity index (χ0n) is 10.1. The van der Waals surface area contributed by atoms with Crippen LogP contribution in [0.25, 0.3) is 0 Å². The average molecular weight is 286 g/mol. The van der Waals surface area contributed by atoms with E-state index in [-0.39, 0.29) is 5.91 Å². The molecule has 1 aliphatic rings. The third-order valence-electron chi connectivity index (χ3n) is 2.87. The normalized spacial score (nSPS) is 18.3. The maximum Gasteiger partial charge on any atom is 0.238 e. The summed E-state index contributed by atoms with van der Waals surface area (Å²) in [6, 6.07) is 3.98. The number of nitrogens with one attached hydrogen (secondary N) is 1. The number of carbonyl (C=O) groups is 1. The predicted molar refractivity (Wildman–Crippen MR) is 73.7 cm³/mol. The molecule has 1 aromatic rings. The van der Waals surface area contributed by atoms with Crippen molar-refractivity contribution >= 4 is 29.3 Å². The number of primary amides is 1. The molecule has 1 fully saturated rings. The summed E-state index contributed by atoms with van der Waals surface area (Å²) in [7, 11) is 0. The van der Waals surface area contributed by atoms with E-state index in [1.807, 2.05) is 6.92 Å². The zero-order chi connectivity index (χ0) is 13.2. The summed E-state index contributed by atoms with van der Waals surface area (Å²) in [6.07, 6.45) is 3.90. The molecule has 2 rings (SSSR count). The van der Waals surface area contributed by atoms with Crippen molar-refractivity contribution in [2.24, 2.45) is 5.73 Å². The largest absolute Gasteiger partial charge is 0.368 e. The molecule has 4 nitrogen and oxygen atoms in total. The van der Waals surface area contributed by atoms with Gasteiger partial charge in [-0.1, -0.05) is 11.6 Å². The van der Waals surface area contributed by atoms with Crippen molar-refractivity contribution in [3.63, 3.8) is 0 Å². The number of hydrogen-bond acceptors (Lipinski definition) is 4. The zero-order valence-corrected chi connectivity index (χ0v) is 11.7. The van der Waals surface area contributed by atoms with E-state index in [1.165, 1.54) is 11.8 Å². The fraction of sp³-hybridized carbons (Fsp3) is 0.500. The lowest BCUT2D eigenvalue weighted by Crippen LogP contribution is -2.55. The summed E-state index contributed by atoms with van der Waals surface area (Å²) in [5.41, 5.74) is 4.77. The van der Waals surface area contributed by atoms with Gasteiger partial charge in [-0.3, -0.25) is 4.79 Å². The van der Waals surface area contributed by atoms with Crippen LogP contribution in [-0.2, 0) is 4.79 Å². The van der Waals surface area contributed by atoms with Gasteiger partial charge in [-0.15, -0.1) is 11.8 Å². The highest BCUT2D eigenvalue weighted by atomic mass is 35.5. The highest BCUT2D eigenvalue weighted by Crippen LogP contribution is 2.29. The van der Waals surface area contributed by atoms with Crippen LogP contribution < -0.4 is 11.1 Å². The first-order chi connectivity index (χ1) is 8.51. The van der Waals surface area contributed by atoms with Gasteiger partial charge in [-0.05, 0) is 31.9 Å². The number of nitrogens with zero attached hydrogens (tertiary/aromatic N) is 1. The maximum absolute atomic E-state index is 11.6. The molecule has 0 bridgehead atoms. The van der Waals surface area contributed by atoms with Gasteiger partial charge in [0.15, 0.2) is 0 Å². The summed E-state index contributed by atoms with van der Waals surface area (Å²) in [6.45, 7) is 1.83. The van der Waals surface area contributed by atoms with Crippen molar-refractivity contribution in [3.05, 3.63) is 23.4 Å². The van der Waals surface area contributed by atoms with Crippen LogP contribution >= 0.6 is 23.4 Å². The van der Waals surface area contributed by atoms with Gasteiger partial charge >= 0.3 is 0 Å². The molecular weight excluding hydrogens is 270 g/mol. The van der Waals surface area contributed by atoms with Gasteiger partial charge in [0, 0.05) is 18.0 Å². The molecule has 1 aromatic heterocycles. The van der Waals surface area contributed by atoms with Gasteiger partial charge in [0.25, 0.3) is 0 Å². The predicted octanol–water partition coefficient (Wildman–Crippen LogP) is 1.82. The van der Waals surface area contributed by atoms with Gasteiger partial charge < -0.3 is 11.1 Å². The number of rotatable bonds is 6. The first kappa shape index (κ1) is 13.6. The van der Waals surface area contributed by atoms with Crippen LogP contribution in [0.2, 0.25) is 5.02 Å². The molecule has 1 amide bonds. The van der Waals surface area contributed by atoms with E-state index >= 15 is 0 Å². The standard InChI is InChI=1S/C12H16ClN3OS/c1-12(11(14)17,16-8-4-5-8)7-18-10-9(13)3-2-6-15-10/h2-3,6,8,16H,4-5,7H2,1H3,(H2,14,17). The number of halogens is 1. The molecule has 18 heavy (non-hydrogen) atoms. The average Bonchev–Trinajstić information content (AvgIpc) is 3.11. The first-order valence-corrected chi connectivity index (χ1v) is 7.18. The SMILES string of the molecule is CC(CSc1ncccc1Cl)(NC1CC1)C(N)=O. The molecular formula is C12H16ClN3OS. The Morgan fingerprint density at radius 2 is 2.44 bits per heavy atom. The highest BCUT2D eigenvalue weighted by molar-refractivity contribution is 7.99. The lowest BCUT2D eigenvalue weighted by Gasteiger charge is -2.27. The Balaban J connectivity index is 2.01. The Hall–Kier alpha value is -0.780. The number of thioether (sulfide) groups is 1. The molecule has 3 N–H and O–H groups in total. The van der Waals surface area contributed by atoms with Crippen molar-refractivity contribution in [1.29, 1.82) is 0 Å². The molecule has 0 spiro atoms. The second kappa shape index (κ2) is 5.47. The van der Waals surface area contributed by atoms with Crippen LogP contribution in [0.4, 0.5) is 0 Å². The van der Waals surface area contributed by atoms with Crippen LogP contribution in [-0.4, -0.2) is 28.2 Å². The topological polar surface area (TPSA) is 68.0 Å². The van der Waals surface area contributed by atoms with Crippen LogP contribution in [0.15, 0.2) is 23.4 Å². The van der Waals surface area contributed by atoms with Crippen molar-refractivity contribution in [1.82, 2.24) is 10.3 Å². The molecule has 1 saturated carbocycles. The lowest BCUT2D eigenvalue weighted by atomic mass is 10.1. The Kier molecular flexibility index (Phi) is 4.14. The van der Waals surface area contributed by atoms with E-state index in [1.54, 1.807) is 18.3 Å². The van der Waals surface area contributed by atoms with Crippen LogP contribution in [0, 0.1) is 0 Å². The monoisotopic (exact) mass is 285 g/mol. The Morgan fingerprint density at radius 3 is 3.00 bits per heavy atom. The number of aromatic nitrogens is 1. The molecule has 0 aromatic carbocycles. The molecule has 1 heterocycles. The van der Waals surface area contributed by atoms with Gasteiger partial charge in [0.2, 0.25) is 5.91 Å². The number of pyridine rings is 1. The minimum absolute atomic E-state index is 0.339. The minimum atomic E-state index is -0.716. The number of hydrogen-bond donors (Lipinski definition) is 2. The lowest BCUT2D eigenvalue weighted by molar-refractivity contribution is -0.123. The van der Waals surface area contributed by atoms with Crippen LogP contribution in [0.3, 0.4) is 0 Å². The summed E-state index contributed by atoms with van der Waals surface area (Å²) in [5, 5.41) is 4.61. The van der Waals surface area contributed by atoms with Crippen molar-refractivity contribution < 1.29 is 4.79 Å². The van der Waals surface area contributed by atoms with Crippen molar-refractivity contribution in [3.8, 4) is 0 Å². The van der Waals surface area contributed by atoms with E-state index < -0.39 is 5.54 Å². The third-order valence-corrected chi connectivity index (χ3v) is 4.60. The van der Waals surface area contributed by atoms with E-state index in [0.29, 0.717) is 16.8 Å². The number of nitrogens with two attached hydrogens (primary N) is 1. The molecule has 98 valence electrons. The molecule has 0 aliphatic heterocycles. The van der Waals surface area contributed by atoms with Gasteiger partial charge in [0.1, 0.15) is 10.6 Å². The Bertz CT molecular complexity index is 453. The highest BCUT2D eigenvalue weighted by Gasteiger charge is 2.37. The molecule has 1 atom stereocenters. The van der Waals surface area contributed by atoms with E-state index in [4.69, 9.17) is 17.3 Å². The van der Waals surface area contributed by atoms with E-state index in [0.717, 1.165) is 17.9 Å². The molecule has 6 heteroatoms. The second-order valence-corrected chi connectivity index (χ2v) is 6.07. The maximum atomic E-state index is 11.6. The fourth-order valence-corrected chi connectivity index (χ4v) is 2.83. The van der Waals surface area contributed by atoms with Crippen LogP contribution in [0.1, 0.15) is 19.8 Å². The summed E-state index contributed by atoms with van der Waals surface area (Å²) >= 11 is 7.48. The molecule has 0 radical (unpaired) electrons. The Labute approximate surface area is 116 Å². The minimum Gasteiger partial charge on any atom is -0.368 e. The molecule has 0 saturated heterocycles. The van der Waals surface area contributed by atoms with E-state index in [2.05, 4.69) is 10.3 Å². The smallest absolute Gasteiger partial charge is 0.238 e.